The molecule has 0 fully saturated rings. The third-order valence-electron chi connectivity index (χ3n) is 6.45. The van der Waals surface area contributed by atoms with Crippen LogP contribution in [0.15, 0.2) is 77.6 Å². The van der Waals surface area contributed by atoms with E-state index in [1.54, 1.807) is 54.5 Å². The number of rotatable bonds is 8. The van der Waals surface area contributed by atoms with Crippen molar-refractivity contribution < 1.29 is 28.6 Å². The highest BCUT2D eigenvalue weighted by molar-refractivity contribution is 6.04. The van der Waals surface area contributed by atoms with Crippen molar-refractivity contribution in [1.29, 1.82) is 0 Å². The summed E-state index contributed by atoms with van der Waals surface area (Å²) in [5, 5.41) is 0.886. The van der Waals surface area contributed by atoms with E-state index >= 15 is 0 Å². The summed E-state index contributed by atoms with van der Waals surface area (Å²) >= 11 is 0. The Balaban J connectivity index is 2.08. The Morgan fingerprint density at radius 2 is 1.41 bits per heavy atom. The molecule has 9 heteroatoms. The molecule has 0 aliphatic rings. The van der Waals surface area contributed by atoms with E-state index in [0.29, 0.717) is 16.9 Å². The fourth-order valence-corrected chi connectivity index (χ4v) is 4.72. The molecule has 0 saturated carbocycles. The largest absolute Gasteiger partial charge is 0.462 e. The zero-order valence-electron chi connectivity index (χ0n) is 26.2. The zero-order valence-corrected chi connectivity index (χ0v) is 26.2. The van der Waals surface area contributed by atoms with Crippen molar-refractivity contribution in [2.45, 2.75) is 72.1 Å². The van der Waals surface area contributed by atoms with Crippen molar-refractivity contribution in [3.05, 3.63) is 99.8 Å². The number of benzene rings is 2. The van der Waals surface area contributed by atoms with Crippen LogP contribution in [0.3, 0.4) is 0 Å². The average Bonchev–Trinajstić information content (AvgIpc) is 2.93. The summed E-state index contributed by atoms with van der Waals surface area (Å²) in [6.45, 7) is 11.6. The second-order valence-corrected chi connectivity index (χ2v) is 12.3. The first-order valence-electron chi connectivity index (χ1n) is 14.5. The summed E-state index contributed by atoms with van der Waals surface area (Å²) in [7, 11) is 0. The molecular formula is C35H38N2O7. The highest BCUT2D eigenvalue weighted by Gasteiger charge is 2.41. The van der Waals surface area contributed by atoms with Gasteiger partial charge >= 0.3 is 17.9 Å². The van der Waals surface area contributed by atoms with E-state index in [1.807, 2.05) is 60.7 Å². The fourth-order valence-electron chi connectivity index (χ4n) is 4.72. The molecule has 0 unspecified atom stereocenters. The van der Waals surface area contributed by atoms with Gasteiger partial charge in [-0.3, -0.25) is 14.4 Å². The molecule has 0 saturated heterocycles. The minimum absolute atomic E-state index is 0.0338. The quantitative estimate of drug-likeness (QED) is 0.137. The topological polar surface area (TPSA) is 114 Å². The number of fused-ring (bicyclic) bond motifs is 1. The molecule has 0 aliphatic heterocycles. The number of aromatic nitrogens is 2. The third-order valence-corrected chi connectivity index (χ3v) is 6.45. The van der Waals surface area contributed by atoms with Gasteiger partial charge in [0.1, 0.15) is 16.8 Å². The number of ether oxygens (including phenoxy) is 3. The number of carbonyl (C=O) groups excluding carboxylic acids is 3. The van der Waals surface area contributed by atoms with E-state index in [-0.39, 0.29) is 18.7 Å². The van der Waals surface area contributed by atoms with Gasteiger partial charge in [0.2, 0.25) is 0 Å². The maximum absolute atomic E-state index is 14.4. The Labute approximate surface area is 256 Å². The van der Waals surface area contributed by atoms with Crippen LogP contribution in [0.2, 0.25) is 0 Å². The van der Waals surface area contributed by atoms with E-state index in [2.05, 4.69) is 0 Å². The molecule has 0 amide bonds. The van der Waals surface area contributed by atoms with Crippen LogP contribution in [0.5, 0.6) is 0 Å². The van der Waals surface area contributed by atoms with Crippen LogP contribution >= 0.6 is 0 Å². The molecule has 2 aromatic carbocycles. The Morgan fingerprint density at radius 3 is 2.00 bits per heavy atom. The predicted octanol–water partition coefficient (Wildman–Crippen LogP) is 6.06. The first-order chi connectivity index (χ1) is 20.7. The zero-order chi connectivity index (χ0) is 32.2. The number of carbonyl (C=O) groups is 3. The van der Waals surface area contributed by atoms with Gasteiger partial charge in [0.25, 0.3) is 5.56 Å². The number of hydrogen-bond acceptors (Lipinski definition) is 8. The van der Waals surface area contributed by atoms with Crippen LogP contribution in [-0.4, -0.2) is 45.3 Å². The Bertz CT molecular complexity index is 1720. The number of pyridine rings is 2. The second-order valence-electron chi connectivity index (χ2n) is 12.3. The SMILES string of the molecule is CCOC(=O)c1c(C(C(=O)OC(C)(C)C)C(=O)OC(C)(C)C)cc(-c2ccc3ccccc3n2)n(Cc2ccccc2)c1=O. The van der Waals surface area contributed by atoms with E-state index < -0.39 is 46.2 Å². The molecular weight excluding hydrogens is 560 g/mol. The van der Waals surface area contributed by atoms with Crippen molar-refractivity contribution >= 4 is 28.8 Å². The molecule has 2 heterocycles. The van der Waals surface area contributed by atoms with Gasteiger partial charge < -0.3 is 18.8 Å². The Morgan fingerprint density at radius 1 is 0.818 bits per heavy atom. The molecule has 0 aliphatic carbocycles. The lowest BCUT2D eigenvalue weighted by molar-refractivity contribution is -0.169. The van der Waals surface area contributed by atoms with Gasteiger partial charge in [-0.05, 0) is 77.8 Å². The first-order valence-corrected chi connectivity index (χ1v) is 14.5. The molecule has 0 N–H and O–H groups in total. The van der Waals surface area contributed by atoms with Crippen molar-refractivity contribution in [3.8, 4) is 11.4 Å². The molecule has 4 rings (SSSR count). The molecule has 4 aromatic rings. The Hall–Kier alpha value is -4.79. The van der Waals surface area contributed by atoms with E-state index in [9.17, 15) is 19.2 Å². The molecule has 9 nitrogen and oxygen atoms in total. The minimum Gasteiger partial charge on any atom is -0.462 e. The predicted molar refractivity (Wildman–Crippen MR) is 167 cm³/mol. The minimum atomic E-state index is -1.76. The smallest absolute Gasteiger partial charge is 0.344 e. The fraction of sp³-hybridized carbons (Fsp3) is 0.343. The van der Waals surface area contributed by atoms with Gasteiger partial charge in [-0.15, -0.1) is 0 Å². The van der Waals surface area contributed by atoms with Gasteiger partial charge in [0.15, 0.2) is 5.92 Å². The van der Waals surface area contributed by atoms with Crippen molar-refractivity contribution in [2.75, 3.05) is 6.61 Å². The van der Waals surface area contributed by atoms with Crippen LogP contribution in [0.25, 0.3) is 22.3 Å². The van der Waals surface area contributed by atoms with Gasteiger partial charge in [-0.25, -0.2) is 9.78 Å². The Kier molecular flexibility index (Phi) is 9.37. The van der Waals surface area contributed by atoms with Gasteiger partial charge in [-0.1, -0.05) is 54.6 Å². The summed E-state index contributed by atoms with van der Waals surface area (Å²) in [6, 6.07) is 21.9. The average molecular weight is 599 g/mol. The molecule has 0 spiro atoms. The second kappa shape index (κ2) is 12.8. The van der Waals surface area contributed by atoms with Crippen molar-refractivity contribution in [1.82, 2.24) is 9.55 Å². The molecule has 0 bridgehead atoms. The molecule has 2 aromatic heterocycles. The van der Waals surface area contributed by atoms with Gasteiger partial charge in [0, 0.05) is 5.39 Å². The summed E-state index contributed by atoms with van der Waals surface area (Å²) in [5.41, 5.74) is -1.16. The number of nitrogens with zero attached hydrogens (tertiary/aromatic N) is 2. The maximum Gasteiger partial charge on any atom is 0.344 e. The van der Waals surface area contributed by atoms with Crippen molar-refractivity contribution in [2.24, 2.45) is 0 Å². The van der Waals surface area contributed by atoms with Crippen molar-refractivity contribution in [3.63, 3.8) is 0 Å². The third kappa shape index (κ3) is 7.58. The number of para-hydroxylation sites is 1. The maximum atomic E-state index is 14.4. The molecule has 230 valence electrons. The number of esters is 3. The van der Waals surface area contributed by atoms with Crippen LogP contribution in [0.1, 0.15) is 75.9 Å². The van der Waals surface area contributed by atoms with E-state index in [1.165, 1.54) is 10.6 Å². The first kappa shape index (κ1) is 32.1. The lowest BCUT2D eigenvalue weighted by Gasteiger charge is -2.27. The van der Waals surface area contributed by atoms with Crippen LogP contribution in [0, 0.1) is 0 Å². The highest BCUT2D eigenvalue weighted by Crippen LogP contribution is 2.31. The van der Waals surface area contributed by atoms with Crippen LogP contribution in [-0.2, 0) is 30.3 Å². The van der Waals surface area contributed by atoms with E-state index in [4.69, 9.17) is 19.2 Å². The van der Waals surface area contributed by atoms with Gasteiger partial charge in [-0.2, -0.15) is 0 Å². The lowest BCUT2D eigenvalue weighted by atomic mass is 9.92. The lowest BCUT2D eigenvalue weighted by Crippen LogP contribution is -2.39. The van der Waals surface area contributed by atoms with Crippen LogP contribution < -0.4 is 5.56 Å². The normalized spacial score (nSPS) is 11.8. The summed E-state index contributed by atoms with van der Waals surface area (Å²) in [6.07, 6.45) is 0. The standard InChI is InChI=1S/C35H38N2O7/c1-8-42-31(39)28-24(29(32(40)43-34(2,3)4)33(41)44-35(5,6)7)20-27(26-19-18-23-16-12-13-17-25(23)36-26)37(30(28)38)21-22-14-10-9-11-15-22/h9-20,29H,8,21H2,1-7H3. The summed E-state index contributed by atoms with van der Waals surface area (Å²) in [4.78, 5) is 60.2. The summed E-state index contributed by atoms with van der Waals surface area (Å²) in [5.74, 6) is -4.65. The highest BCUT2D eigenvalue weighted by atomic mass is 16.6. The molecule has 44 heavy (non-hydrogen) atoms. The molecule has 0 radical (unpaired) electrons. The molecule has 0 atom stereocenters. The van der Waals surface area contributed by atoms with E-state index in [0.717, 1.165) is 10.9 Å². The van der Waals surface area contributed by atoms with Crippen LogP contribution in [0.4, 0.5) is 0 Å². The summed E-state index contributed by atoms with van der Waals surface area (Å²) < 4.78 is 18.0. The number of hydrogen-bond donors (Lipinski definition) is 0. The monoisotopic (exact) mass is 598 g/mol. The van der Waals surface area contributed by atoms with Gasteiger partial charge in [0.05, 0.1) is 30.1 Å².